The maximum absolute atomic E-state index is 6.12. The molecule has 0 aliphatic rings. The first-order valence-electron chi connectivity index (χ1n) is 6.00. The van der Waals surface area contributed by atoms with E-state index in [9.17, 15) is 0 Å². The van der Waals surface area contributed by atoms with Crippen LogP contribution in [-0.2, 0) is 13.2 Å². The average molecular weight is 296 g/mol. The summed E-state index contributed by atoms with van der Waals surface area (Å²) >= 11 is 12.0. The van der Waals surface area contributed by atoms with Crippen LogP contribution in [0, 0.1) is 0 Å². The molecule has 0 amide bonds. The van der Waals surface area contributed by atoms with Gasteiger partial charge in [0, 0.05) is 27.7 Å². The molecule has 19 heavy (non-hydrogen) atoms. The van der Waals surface area contributed by atoms with Crippen LogP contribution in [0.4, 0.5) is 0 Å². The maximum Gasteiger partial charge on any atom is 0.124 e. The van der Waals surface area contributed by atoms with E-state index < -0.39 is 0 Å². The minimum atomic E-state index is 0.427. The Morgan fingerprint density at radius 2 is 1.84 bits per heavy atom. The van der Waals surface area contributed by atoms with Crippen molar-refractivity contribution in [1.82, 2.24) is 5.32 Å². The van der Waals surface area contributed by atoms with Crippen LogP contribution in [0.15, 0.2) is 42.5 Å². The molecule has 0 radical (unpaired) electrons. The number of nitrogens with one attached hydrogen (secondary N) is 1. The molecule has 0 unspecified atom stereocenters. The van der Waals surface area contributed by atoms with Gasteiger partial charge in [0.25, 0.3) is 0 Å². The van der Waals surface area contributed by atoms with E-state index in [1.165, 1.54) is 0 Å². The van der Waals surface area contributed by atoms with Gasteiger partial charge in [-0.15, -0.1) is 0 Å². The molecule has 0 heterocycles. The summed E-state index contributed by atoms with van der Waals surface area (Å²) in [5, 5.41) is 4.37. The molecule has 0 saturated carbocycles. The van der Waals surface area contributed by atoms with Crippen molar-refractivity contribution >= 4 is 23.2 Å². The van der Waals surface area contributed by atoms with Gasteiger partial charge in [-0.1, -0.05) is 47.5 Å². The topological polar surface area (TPSA) is 21.3 Å². The predicted octanol–water partition coefficient (Wildman–Crippen LogP) is 4.29. The highest BCUT2D eigenvalue weighted by atomic mass is 35.5. The van der Waals surface area contributed by atoms with E-state index in [1.54, 1.807) is 6.07 Å². The standard InChI is InChI=1S/C15H15Cl2NO/c1-18-9-11-4-2-3-5-15(11)19-10-12-6-7-13(16)8-14(12)17/h2-8,18H,9-10H2,1H3. The second-order valence-corrected chi connectivity index (χ2v) is 5.01. The summed E-state index contributed by atoms with van der Waals surface area (Å²) in [7, 11) is 1.91. The summed E-state index contributed by atoms with van der Waals surface area (Å²) in [5.74, 6) is 0.864. The highest BCUT2D eigenvalue weighted by Gasteiger charge is 2.05. The van der Waals surface area contributed by atoms with Crippen molar-refractivity contribution in [3.63, 3.8) is 0 Å². The first-order valence-corrected chi connectivity index (χ1v) is 6.75. The van der Waals surface area contributed by atoms with E-state index in [0.717, 1.165) is 23.4 Å². The van der Waals surface area contributed by atoms with Crippen molar-refractivity contribution in [3.8, 4) is 5.75 Å². The third-order valence-electron chi connectivity index (χ3n) is 2.74. The smallest absolute Gasteiger partial charge is 0.124 e. The van der Waals surface area contributed by atoms with Crippen molar-refractivity contribution < 1.29 is 4.74 Å². The third kappa shape index (κ3) is 3.87. The molecule has 2 nitrogen and oxygen atoms in total. The van der Waals surface area contributed by atoms with E-state index >= 15 is 0 Å². The molecule has 2 aromatic carbocycles. The van der Waals surface area contributed by atoms with Gasteiger partial charge in [-0.05, 0) is 25.2 Å². The summed E-state index contributed by atoms with van der Waals surface area (Å²) in [4.78, 5) is 0. The molecule has 1 N–H and O–H groups in total. The van der Waals surface area contributed by atoms with Gasteiger partial charge in [-0.25, -0.2) is 0 Å². The van der Waals surface area contributed by atoms with Gasteiger partial charge in [0.15, 0.2) is 0 Å². The van der Waals surface area contributed by atoms with Crippen LogP contribution >= 0.6 is 23.2 Å². The van der Waals surface area contributed by atoms with Gasteiger partial charge in [-0.2, -0.15) is 0 Å². The number of hydrogen-bond acceptors (Lipinski definition) is 2. The number of hydrogen-bond donors (Lipinski definition) is 1. The normalized spacial score (nSPS) is 10.5. The molecule has 0 saturated heterocycles. The third-order valence-corrected chi connectivity index (χ3v) is 3.33. The molecule has 100 valence electrons. The van der Waals surface area contributed by atoms with E-state index in [4.69, 9.17) is 27.9 Å². The molecule has 0 aliphatic heterocycles. The zero-order valence-electron chi connectivity index (χ0n) is 10.6. The van der Waals surface area contributed by atoms with Gasteiger partial charge >= 0.3 is 0 Å². The summed E-state index contributed by atoms with van der Waals surface area (Å²) in [6.07, 6.45) is 0. The van der Waals surface area contributed by atoms with Crippen molar-refractivity contribution in [3.05, 3.63) is 63.6 Å². The summed E-state index contributed by atoms with van der Waals surface area (Å²) in [5.41, 5.74) is 2.04. The van der Waals surface area contributed by atoms with Crippen LogP contribution in [0.1, 0.15) is 11.1 Å². The molecular weight excluding hydrogens is 281 g/mol. The first-order chi connectivity index (χ1) is 9.20. The molecule has 4 heteroatoms. The second-order valence-electron chi connectivity index (χ2n) is 4.16. The van der Waals surface area contributed by atoms with Crippen molar-refractivity contribution in [2.75, 3.05) is 7.05 Å². The molecule has 0 bridgehead atoms. The Morgan fingerprint density at radius 3 is 2.58 bits per heavy atom. The van der Waals surface area contributed by atoms with Crippen LogP contribution in [-0.4, -0.2) is 7.05 Å². The van der Waals surface area contributed by atoms with E-state index in [-0.39, 0.29) is 0 Å². The Morgan fingerprint density at radius 1 is 1.05 bits per heavy atom. The molecule has 2 rings (SSSR count). The molecular formula is C15H15Cl2NO. The fourth-order valence-corrected chi connectivity index (χ4v) is 2.24. The van der Waals surface area contributed by atoms with E-state index in [1.807, 2.05) is 43.4 Å². The van der Waals surface area contributed by atoms with Gasteiger partial charge in [0.2, 0.25) is 0 Å². The minimum absolute atomic E-state index is 0.427. The Balaban J connectivity index is 2.10. The van der Waals surface area contributed by atoms with E-state index in [2.05, 4.69) is 5.32 Å². The molecule has 0 fully saturated rings. The first kappa shape index (κ1) is 14.2. The summed E-state index contributed by atoms with van der Waals surface area (Å²) in [6.45, 7) is 1.20. The van der Waals surface area contributed by atoms with Crippen LogP contribution in [0.25, 0.3) is 0 Å². The van der Waals surface area contributed by atoms with Crippen molar-refractivity contribution in [2.24, 2.45) is 0 Å². The summed E-state index contributed by atoms with van der Waals surface area (Å²) in [6, 6.07) is 13.4. The highest BCUT2D eigenvalue weighted by Crippen LogP contribution is 2.24. The fraction of sp³-hybridized carbons (Fsp3) is 0.200. The molecule has 0 aliphatic carbocycles. The molecule has 0 atom stereocenters. The number of benzene rings is 2. The Hall–Kier alpha value is -1.22. The largest absolute Gasteiger partial charge is 0.489 e. The zero-order chi connectivity index (χ0) is 13.7. The lowest BCUT2D eigenvalue weighted by molar-refractivity contribution is 0.302. The van der Waals surface area contributed by atoms with Crippen LogP contribution < -0.4 is 10.1 Å². The Kier molecular flexibility index (Phi) is 5.08. The van der Waals surface area contributed by atoms with Gasteiger partial charge in [-0.3, -0.25) is 0 Å². The molecule has 0 aromatic heterocycles. The van der Waals surface area contributed by atoms with Crippen LogP contribution in [0.5, 0.6) is 5.75 Å². The lowest BCUT2D eigenvalue weighted by Gasteiger charge is -2.12. The van der Waals surface area contributed by atoms with Crippen molar-refractivity contribution in [2.45, 2.75) is 13.2 Å². The van der Waals surface area contributed by atoms with Gasteiger partial charge in [0.1, 0.15) is 12.4 Å². The lowest BCUT2D eigenvalue weighted by Crippen LogP contribution is -2.07. The number of halogens is 2. The summed E-state index contributed by atoms with van der Waals surface area (Å²) < 4.78 is 5.83. The van der Waals surface area contributed by atoms with E-state index in [0.29, 0.717) is 16.7 Å². The molecule has 0 spiro atoms. The SMILES string of the molecule is CNCc1ccccc1OCc1ccc(Cl)cc1Cl. The quantitative estimate of drug-likeness (QED) is 0.888. The Labute approximate surface area is 123 Å². The number of para-hydroxylation sites is 1. The maximum atomic E-state index is 6.12. The fourth-order valence-electron chi connectivity index (χ4n) is 1.78. The van der Waals surface area contributed by atoms with Gasteiger partial charge < -0.3 is 10.1 Å². The predicted molar refractivity (Wildman–Crippen MR) is 80.0 cm³/mol. The average Bonchev–Trinajstić information content (AvgIpc) is 2.40. The lowest BCUT2D eigenvalue weighted by atomic mass is 10.2. The Bertz CT molecular complexity index is 558. The molecule has 2 aromatic rings. The van der Waals surface area contributed by atoms with Crippen molar-refractivity contribution in [1.29, 1.82) is 0 Å². The second kappa shape index (κ2) is 6.80. The highest BCUT2D eigenvalue weighted by molar-refractivity contribution is 6.35. The monoisotopic (exact) mass is 295 g/mol. The minimum Gasteiger partial charge on any atom is -0.489 e. The van der Waals surface area contributed by atoms with Crippen LogP contribution in [0.2, 0.25) is 10.0 Å². The number of ether oxygens (including phenoxy) is 1. The number of rotatable bonds is 5. The van der Waals surface area contributed by atoms with Gasteiger partial charge in [0.05, 0.1) is 0 Å². The zero-order valence-corrected chi connectivity index (χ0v) is 12.1. The van der Waals surface area contributed by atoms with Crippen LogP contribution in [0.3, 0.4) is 0 Å².